The van der Waals surface area contributed by atoms with Gasteiger partial charge < -0.3 is 5.11 Å². The summed E-state index contributed by atoms with van der Waals surface area (Å²) in [6, 6.07) is -0.487. The standard InChI is InChI=1S/C14H16N2O4S/c17-12-11-10(5-6-21-11)15-14(20)16(12)7-8-1-3-9(4-2-8)13(18)19/h5-6,8-9,11H,1-4,7H2,(H,18,19). The van der Waals surface area contributed by atoms with E-state index in [9.17, 15) is 14.4 Å². The number of nitrogens with zero attached hydrogens (tertiary/aromatic N) is 2. The number of amides is 3. The minimum absolute atomic E-state index is 0.185. The van der Waals surface area contributed by atoms with E-state index in [1.54, 1.807) is 11.5 Å². The van der Waals surface area contributed by atoms with Gasteiger partial charge in [-0.3, -0.25) is 14.5 Å². The highest BCUT2D eigenvalue weighted by atomic mass is 32.2. The molecule has 0 aromatic rings. The summed E-state index contributed by atoms with van der Waals surface area (Å²) in [5, 5.41) is 10.4. The Hall–Kier alpha value is -1.63. The Labute approximate surface area is 126 Å². The van der Waals surface area contributed by atoms with Gasteiger partial charge in [-0.05, 0) is 43.1 Å². The lowest BCUT2D eigenvalue weighted by molar-refractivity contribution is -0.143. The zero-order valence-electron chi connectivity index (χ0n) is 11.4. The van der Waals surface area contributed by atoms with E-state index in [1.807, 2.05) is 0 Å². The zero-order chi connectivity index (χ0) is 15.0. The number of fused-ring (bicyclic) bond motifs is 1. The number of rotatable bonds is 3. The van der Waals surface area contributed by atoms with Crippen LogP contribution in [0.15, 0.2) is 16.5 Å². The molecule has 0 saturated heterocycles. The Balaban J connectivity index is 1.62. The van der Waals surface area contributed by atoms with Crippen molar-refractivity contribution in [1.29, 1.82) is 0 Å². The molecular formula is C14H16N2O4S. The zero-order valence-corrected chi connectivity index (χ0v) is 12.2. The van der Waals surface area contributed by atoms with Crippen molar-refractivity contribution in [2.45, 2.75) is 30.9 Å². The number of aliphatic imine (C=N–C) groups is 1. The molecule has 1 saturated carbocycles. The van der Waals surface area contributed by atoms with E-state index >= 15 is 0 Å². The monoisotopic (exact) mass is 308 g/mol. The second kappa shape index (κ2) is 5.63. The molecule has 0 spiro atoms. The number of aliphatic carboxylic acids is 1. The number of thioether (sulfide) groups is 1. The molecule has 2 aliphatic heterocycles. The molecule has 7 heteroatoms. The number of carbonyl (C=O) groups is 3. The number of hydrogen-bond acceptors (Lipinski definition) is 4. The molecule has 0 aromatic carbocycles. The lowest BCUT2D eigenvalue weighted by Crippen LogP contribution is -2.49. The van der Waals surface area contributed by atoms with Gasteiger partial charge in [-0.15, -0.1) is 11.8 Å². The van der Waals surface area contributed by atoms with Crippen LogP contribution in [0.1, 0.15) is 25.7 Å². The Kier molecular flexibility index (Phi) is 3.84. The summed E-state index contributed by atoms with van der Waals surface area (Å²) in [5.41, 5.74) is 0.542. The molecule has 1 fully saturated rings. The van der Waals surface area contributed by atoms with Crippen LogP contribution in [0.4, 0.5) is 4.79 Å². The van der Waals surface area contributed by atoms with Crippen molar-refractivity contribution >= 4 is 35.4 Å². The second-order valence-electron chi connectivity index (χ2n) is 5.64. The van der Waals surface area contributed by atoms with Gasteiger partial charge in [0.1, 0.15) is 5.25 Å². The fourth-order valence-corrected chi connectivity index (χ4v) is 3.94. The topological polar surface area (TPSA) is 87.0 Å². The Morgan fingerprint density at radius 2 is 2.05 bits per heavy atom. The molecule has 1 atom stereocenters. The maximum Gasteiger partial charge on any atom is 0.350 e. The fourth-order valence-electron chi connectivity index (χ4n) is 3.05. The fraction of sp³-hybridized carbons (Fsp3) is 0.571. The van der Waals surface area contributed by atoms with Crippen molar-refractivity contribution in [2.24, 2.45) is 16.8 Å². The number of urea groups is 1. The third kappa shape index (κ3) is 2.74. The lowest BCUT2D eigenvalue weighted by Gasteiger charge is -2.32. The molecule has 0 bridgehead atoms. The average molecular weight is 308 g/mol. The predicted molar refractivity (Wildman–Crippen MR) is 78.1 cm³/mol. The summed E-state index contributed by atoms with van der Waals surface area (Å²) >= 11 is 1.37. The Morgan fingerprint density at radius 3 is 2.71 bits per heavy atom. The van der Waals surface area contributed by atoms with E-state index in [0.717, 1.165) is 12.8 Å². The quantitative estimate of drug-likeness (QED) is 0.860. The molecule has 3 amide bonds. The Bertz CT molecular complexity index is 549. The van der Waals surface area contributed by atoms with Crippen molar-refractivity contribution < 1.29 is 19.5 Å². The Morgan fingerprint density at radius 1 is 1.33 bits per heavy atom. The van der Waals surface area contributed by atoms with Crippen molar-refractivity contribution in [3.8, 4) is 0 Å². The van der Waals surface area contributed by atoms with Gasteiger partial charge in [-0.2, -0.15) is 4.99 Å². The lowest BCUT2D eigenvalue weighted by atomic mass is 9.82. The molecule has 112 valence electrons. The summed E-state index contributed by atoms with van der Waals surface area (Å²) in [7, 11) is 0. The van der Waals surface area contributed by atoms with Crippen LogP contribution >= 0.6 is 11.8 Å². The first-order valence-electron chi connectivity index (χ1n) is 7.05. The van der Waals surface area contributed by atoms with Crippen LogP contribution in [0, 0.1) is 11.8 Å². The maximum atomic E-state index is 12.3. The first kappa shape index (κ1) is 14.3. The summed E-state index contributed by atoms with van der Waals surface area (Å²) in [6.07, 6.45) is 4.41. The van der Waals surface area contributed by atoms with Gasteiger partial charge in [0, 0.05) is 6.54 Å². The third-order valence-electron chi connectivity index (χ3n) is 4.30. The first-order chi connectivity index (χ1) is 10.1. The van der Waals surface area contributed by atoms with E-state index in [0.29, 0.717) is 25.1 Å². The SMILES string of the molecule is O=C(O)C1CCC(CN2C(=O)N=C3C=CSC3C2=O)CC1. The van der Waals surface area contributed by atoms with E-state index < -0.39 is 12.0 Å². The van der Waals surface area contributed by atoms with Gasteiger partial charge in [0.25, 0.3) is 0 Å². The largest absolute Gasteiger partial charge is 0.481 e. The minimum Gasteiger partial charge on any atom is -0.481 e. The molecule has 1 aliphatic carbocycles. The highest BCUT2D eigenvalue weighted by Gasteiger charge is 2.40. The summed E-state index contributed by atoms with van der Waals surface area (Å²) in [5.74, 6) is -1.04. The predicted octanol–water partition coefficient (Wildman–Crippen LogP) is 1.91. The number of hydrogen-bond donors (Lipinski definition) is 1. The molecule has 1 unspecified atom stereocenters. The summed E-state index contributed by atoms with van der Waals surface area (Å²) in [6.45, 7) is 0.359. The van der Waals surface area contributed by atoms with Crippen LogP contribution < -0.4 is 0 Å². The first-order valence-corrected chi connectivity index (χ1v) is 7.99. The van der Waals surface area contributed by atoms with Crippen molar-refractivity contribution in [2.75, 3.05) is 6.54 Å². The second-order valence-corrected chi connectivity index (χ2v) is 6.66. The maximum absolute atomic E-state index is 12.3. The van der Waals surface area contributed by atoms with E-state index in [4.69, 9.17) is 5.11 Å². The molecule has 3 aliphatic rings. The molecule has 6 nitrogen and oxygen atoms in total. The van der Waals surface area contributed by atoms with Crippen molar-refractivity contribution in [3.63, 3.8) is 0 Å². The minimum atomic E-state index is -0.749. The van der Waals surface area contributed by atoms with Gasteiger partial charge in [0.2, 0.25) is 5.91 Å². The highest BCUT2D eigenvalue weighted by molar-refractivity contribution is 8.04. The molecular weight excluding hydrogens is 292 g/mol. The molecule has 1 N–H and O–H groups in total. The van der Waals surface area contributed by atoms with Crippen LogP contribution in [0.25, 0.3) is 0 Å². The van der Waals surface area contributed by atoms with Crippen molar-refractivity contribution in [1.82, 2.24) is 4.90 Å². The molecule has 0 radical (unpaired) electrons. The van der Waals surface area contributed by atoms with Crippen LogP contribution in [-0.2, 0) is 9.59 Å². The molecule has 0 aromatic heterocycles. The number of carboxylic acid groups (broad SMARTS) is 1. The number of imide groups is 1. The number of allylic oxidation sites excluding steroid dienone is 1. The van der Waals surface area contributed by atoms with Gasteiger partial charge in [-0.25, -0.2) is 4.79 Å². The van der Waals surface area contributed by atoms with Gasteiger partial charge in [0.15, 0.2) is 0 Å². The van der Waals surface area contributed by atoms with E-state index in [2.05, 4.69) is 4.99 Å². The van der Waals surface area contributed by atoms with Crippen LogP contribution in [0.5, 0.6) is 0 Å². The van der Waals surface area contributed by atoms with E-state index in [1.165, 1.54) is 16.7 Å². The average Bonchev–Trinajstić information content (AvgIpc) is 2.92. The number of carboxylic acids is 1. The van der Waals surface area contributed by atoms with Gasteiger partial charge >= 0.3 is 12.0 Å². The smallest absolute Gasteiger partial charge is 0.350 e. The van der Waals surface area contributed by atoms with Gasteiger partial charge in [0.05, 0.1) is 11.6 Å². The highest BCUT2D eigenvalue weighted by Crippen LogP contribution is 2.32. The third-order valence-corrected chi connectivity index (χ3v) is 5.31. The van der Waals surface area contributed by atoms with Crippen LogP contribution in [0.3, 0.4) is 0 Å². The van der Waals surface area contributed by atoms with E-state index in [-0.39, 0.29) is 23.0 Å². The molecule has 2 heterocycles. The normalized spacial score (nSPS) is 32.1. The van der Waals surface area contributed by atoms with Gasteiger partial charge in [-0.1, -0.05) is 0 Å². The van der Waals surface area contributed by atoms with Crippen LogP contribution in [-0.4, -0.2) is 45.4 Å². The summed E-state index contributed by atoms with van der Waals surface area (Å²) < 4.78 is 0. The molecule has 3 rings (SSSR count). The number of carbonyl (C=O) groups excluding carboxylic acids is 2. The summed E-state index contributed by atoms with van der Waals surface area (Å²) in [4.78, 5) is 40.4. The van der Waals surface area contributed by atoms with Crippen molar-refractivity contribution in [3.05, 3.63) is 11.5 Å². The molecule has 21 heavy (non-hydrogen) atoms. The van der Waals surface area contributed by atoms with Crippen LogP contribution in [0.2, 0.25) is 0 Å².